The molecule has 2 aromatic rings. The van der Waals surface area contributed by atoms with Crippen LogP contribution >= 0.6 is 0 Å². The number of ether oxygens (including phenoxy) is 4. The third kappa shape index (κ3) is 6.35. The molecule has 0 saturated carbocycles. The molecule has 0 amide bonds. The molecule has 0 heterocycles. The van der Waals surface area contributed by atoms with E-state index < -0.39 is 23.9 Å². The van der Waals surface area contributed by atoms with Crippen molar-refractivity contribution >= 4 is 23.9 Å². The van der Waals surface area contributed by atoms with Gasteiger partial charge in [-0.2, -0.15) is 0 Å². The molecule has 1 N–H and O–H groups in total. The molecule has 0 saturated heterocycles. The van der Waals surface area contributed by atoms with E-state index in [1.54, 1.807) is 12.1 Å². The fraction of sp³-hybridized carbons (Fsp3) is 0.200. The van der Waals surface area contributed by atoms with Crippen LogP contribution in [0.3, 0.4) is 0 Å². The van der Waals surface area contributed by atoms with Crippen molar-refractivity contribution in [2.75, 3.05) is 0 Å². The highest BCUT2D eigenvalue weighted by atomic mass is 16.6. The van der Waals surface area contributed by atoms with Crippen molar-refractivity contribution in [3.05, 3.63) is 47.5 Å². The number of phenolic OH excluding ortho intramolecular Hbond substituents is 1. The standard InChI is InChI=1S/C20H18O9/c1-11(21)27-17-8-15(9-18(28-12(2)22)19(17)29-13(3)23)20(25)26-10-14-4-6-16(24)7-5-14/h4-9,24H,10H2,1-3H3. The number of benzene rings is 2. The van der Waals surface area contributed by atoms with Crippen LogP contribution < -0.4 is 14.2 Å². The van der Waals surface area contributed by atoms with Crippen molar-refractivity contribution in [3.63, 3.8) is 0 Å². The summed E-state index contributed by atoms with van der Waals surface area (Å²) in [6.45, 7) is 3.23. The quantitative estimate of drug-likeness (QED) is 0.573. The lowest BCUT2D eigenvalue weighted by molar-refractivity contribution is -0.135. The molecule has 0 aliphatic heterocycles. The molecule has 0 bridgehead atoms. The van der Waals surface area contributed by atoms with Crippen molar-refractivity contribution < 1.29 is 43.2 Å². The van der Waals surface area contributed by atoms with Gasteiger partial charge in [-0.15, -0.1) is 0 Å². The van der Waals surface area contributed by atoms with Crippen LogP contribution in [0.2, 0.25) is 0 Å². The SMILES string of the molecule is CC(=O)Oc1cc(C(=O)OCc2ccc(O)cc2)cc(OC(C)=O)c1OC(C)=O. The van der Waals surface area contributed by atoms with Gasteiger partial charge in [0, 0.05) is 20.8 Å². The summed E-state index contributed by atoms with van der Waals surface area (Å²) in [5, 5.41) is 9.28. The molecule has 2 rings (SSSR count). The lowest BCUT2D eigenvalue weighted by atomic mass is 10.1. The Bertz CT molecular complexity index is 908. The third-order valence-electron chi connectivity index (χ3n) is 3.32. The number of hydrogen-bond acceptors (Lipinski definition) is 9. The molecule has 2 aromatic carbocycles. The molecule has 0 aromatic heterocycles. The van der Waals surface area contributed by atoms with Gasteiger partial charge in [-0.1, -0.05) is 12.1 Å². The van der Waals surface area contributed by atoms with E-state index in [0.29, 0.717) is 5.56 Å². The van der Waals surface area contributed by atoms with E-state index in [1.807, 2.05) is 0 Å². The first-order valence-corrected chi connectivity index (χ1v) is 8.34. The van der Waals surface area contributed by atoms with Crippen LogP contribution in [0, 0.1) is 0 Å². The second kappa shape index (κ2) is 9.36. The van der Waals surface area contributed by atoms with E-state index in [0.717, 1.165) is 32.9 Å². The lowest BCUT2D eigenvalue weighted by Crippen LogP contribution is -2.13. The Morgan fingerprint density at radius 2 is 1.28 bits per heavy atom. The zero-order valence-electron chi connectivity index (χ0n) is 15.9. The summed E-state index contributed by atoms with van der Waals surface area (Å²) in [6.07, 6.45) is 0. The van der Waals surface area contributed by atoms with Gasteiger partial charge in [0.15, 0.2) is 11.5 Å². The fourth-order valence-corrected chi connectivity index (χ4v) is 2.22. The Morgan fingerprint density at radius 3 is 1.72 bits per heavy atom. The lowest BCUT2D eigenvalue weighted by Gasteiger charge is -2.14. The second-order valence-corrected chi connectivity index (χ2v) is 5.83. The zero-order chi connectivity index (χ0) is 21.6. The molecule has 29 heavy (non-hydrogen) atoms. The fourth-order valence-electron chi connectivity index (χ4n) is 2.22. The molecule has 0 atom stereocenters. The van der Waals surface area contributed by atoms with Crippen LogP contribution in [0.1, 0.15) is 36.7 Å². The van der Waals surface area contributed by atoms with Crippen LogP contribution in [-0.2, 0) is 25.7 Å². The highest BCUT2D eigenvalue weighted by molar-refractivity contribution is 5.92. The van der Waals surface area contributed by atoms with Gasteiger partial charge in [-0.25, -0.2) is 4.79 Å². The van der Waals surface area contributed by atoms with E-state index in [9.17, 15) is 24.3 Å². The summed E-state index contributed by atoms with van der Waals surface area (Å²) < 4.78 is 20.2. The van der Waals surface area contributed by atoms with Crippen molar-refractivity contribution in [2.45, 2.75) is 27.4 Å². The van der Waals surface area contributed by atoms with Crippen molar-refractivity contribution in [2.24, 2.45) is 0 Å². The van der Waals surface area contributed by atoms with Gasteiger partial charge in [-0.05, 0) is 29.8 Å². The molecule has 9 heteroatoms. The van der Waals surface area contributed by atoms with Gasteiger partial charge in [0.25, 0.3) is 0 Å². The summed E-state index contributed by atoms with van der Waals surface area (Å²) in [5.41, 5.74) is 0.514. The maximum atomic E-state index is 12.4. The highest BCUT2D eigenvalue weighted by Gasteiger charge is 2.23. The molecule has 152 valence electrons. The molecule has 0 radical (unpaired) electrons. The smallest absolute Gasteiger partial charge is 0.338 e. The topological polar surface area (TPSA) is 125 Å². The summed E-state index contributed by atoms with van der Waals surface area (Å²) in [5.74, 6) is -3.89. The largest absolute Gasteiger partial charge is 0.508 e. The average molecular weight is 402 g/mol. The Hall–Kier alpha value is -3.88. The van der Waals surface area contributed by atoms with E-state index in [2.05, 4.69) is 0 Å². The first kappa shape index (κ1) is 21.4. The molecule has 0 aliphatic rings. The van der Waals surface area contributed by atoms with E-state index in [1.165, 1.54) is 12.1 Å². The van der Waals surface area contributed by atoms with E-state index >= 15 is 0 Å². The number of carbonyl (C=O) groups excluding carboxylic acids is 4. The minimum atomic E-state index is -0.811. The van der Waals surface area contributed by atoms with Crippen LogP contribution in [0.4, 0.5) is 0 Å². The van der Waals surface area contributed by atoms with E-state index in [-0.39, 0.29) is 35.2 Å². The number of phenols is 1. The van der Waals surface area contributed by atoms with Crippen LogP contribution in [0.5, 0.6) is 23.0 Å². The number of carbonyl (C=O) groups is 4. The van der Waals surface area contributed by atoms with Crippen LogP contribution in [0.25, 0.3) is 0 Å². The van der Waals surface area contributed by atoms with Crippen molar-refractivity contribution in [1.82, 2.24) is 0 Å². The second-order valence-electron chi connectivity index (χ2n) is 5.83. The summed E-state index contributed by atoms with van der Waals surface area (Å²) in [6, 6.07) is 8.28. The van der Waals surface area contributed by atoms with Crippen LogP contribution in [0.15, 0.2) is 36.4 Å². The molecular formula is C20H18O9. The summed E-state index contributed by atoms with van der Waals surface area (Å²) in [4.78, 5) is 46.6. The summed E-state index contributed by atoms with van der Waals surface area (Å²) in [7, 11) is 0. The Morgan fingerprint density at radius 1 is 0.793 bits per heavy atom. The Balaban J connectivity index is 2.37. The van der Waals surface area contributed by atoms with E-state index in [4.69, 9.17) is 18.9 Å². The average Bonchev–Trinajstić information content (AvgIpc) is 2.62. The maximum Gasteiger partial charge on any atom is 0.338 e. The van der Waals surface area contributed by atoms with Gasteiger partial charge in [0.1, 0.15) is 12.4 Å². The molecule has 0 spiro atoms. The number of aromatic hydroxyl groups is 1. The molecule has 0 fully saturated rings. The first-order chi connectivity index (χ1) is 13.7. The molecule has 0 unspecified atom stereocenters. The predicted octanol–water partition coefficient (Wildman–Crippen LogP) is 2.53. The summed E-state index contributed by atoms with van der Waals surface area (Å²) >= 11 is 0. The van der Waals surface area contributed by atoms with Gasteiger partial charge in [-0.3, -0.25) is 14.4 Å². The Kier molecular flexibility index (Phi) is 6.91. The van der Waals surface area contributed by atoms with Crippen LogP contribution in [-0.4, -0.2) is 29.0 Å². The van der Waals surface area contributed by atoms with Gasteiger partial charge in [0.05, 0.1) is 5.56 Å². The maximum absolute atomic E-state index is 12.4. The van der Waals surface area contributed by atoms with Crippen molar-refractivity contribution in [3.8, 4) is 23.0 Å². The third-order valence-corrected chi connectivity index (χ3v) is 3.32. The minimum absolute atomic E-state index is 0.0678. The molecule has 0 aliphatic carbocycles. The predicted molar refractivity (Wildman–Crippen MR) is 97.6 cm³/mol. The zero-order valence-corrected chi connectivity index (χ0v) is 15.9. The number of esters is 4. The van der Waals surface area contributed by atoms with Crippen molar-refractivity contribution in [1.29, 1.82) is 0 Å². The van der Waals surface area contributed by atoms with Gasteiger partial charge < -0.3 is 24.1 Å². The van der Waals surface area contributed by atoms with Gasteiger partial charge in [0.2, 0.25) is 5.75 Å². The number of rotatable bonds is 6. The minimum Gasteiger partial charge on any atom is -0.508 e. The van der Waals surface area contributed by atoms with Gasteiger partial charge >= 0.3 is 23.9 Å². The Labute approximate surface area is 165 Å². The molecular weight excluding hydrogens is 384 g/mol. The first-order valence-electron chi connectivity index (χ1n) is 8.34. The number of hydrogen-bond donors (Lipinski definition) is 1. The monoisotopic (exact) mass is 402 g/mol. The highest BCUT2D eigenvalue weighted by Crippen LogP contribution is 2.39. The normalized spacial score (nSPS) is 10.0. The molecule has 9 nitrogen and oxygen atoms in total.